The zero-order chi connectivity index (χ0) is 15.1. The lowest BCUT2D eigenvalue weighted by Crippen LogP contribution is -2.31. The Bertz CT molecular complexity index is 585. The SMILES string of the molecule is COCCNC(=O)Nc1nnc(Cc2ccc(F)cc2)o1. The van der Waals surface area contributed by atoms with Gasteiger partial charge in [-0.25, -0.2) is 9.18 Å². The highest BCUT2D eigenvalue weighted by Crippen LogP contribution is 2.11. The highest BCUT2D eigenvalue weighted by atomic mass is 19.1. The molecule has 1 aromatic carbocycles. The van der Waals surface area contributed by atoms with Crippen LogP contribution in [0.25, 0.3) is 0 Å². The van der Waals surface area contributed by atoms with Crippen molar-refractivity contribution in [3.8, 4) is 0 Å². The Hall–Kier alpha value is -2.48. The predicted molar refractivity (Wildman–Crippen MR) is 72.4 cm³/mol. The van der Waals surface area contributed by atoms with Crippen molar-refractivity contribution < 1.29 is 18.3 Å². The molecule has 0 saturated heterocycles. The average Bonchev–Trinajstić information content (AvgIpc) is 2.89. The van der Waals surface area contributed by atoms with E-state index in [1.165, 1.54) is 12.1 Å². The van der Waals surface area contributed by atoms with Crippen molar-refractivity contribution in [2.45, 2.75) is 6.42 Å². The van der Waals surface area contributed by atoms with Gasteiger partial charge in [0.2, 0.25) is 5.89 Å². The molecule has 0 saturated carbocycles. The Morgan fingerprint density at radius 1 is 1.33 bits per heavy atom. The van der Waals surface area contributed by atoms with Crippen LogP contribution in [0.15, 0.2) is 28.7 Å². The van der Waals surface area contributed by atoms with Crippen molar-refractivity contribution in [3.05, 3.63) is 41.5 Å². The molecule has 0 radical (unpaired) electrons. The van der Waals surface area contributed by atoms with Gasteiger partial charge in [0.05, 0.1) is 13.0 Å². The molecule has 0 spiro atoms. The number of anilines is 1. The zero-order valence-corrected chi connectivity index (χ0v) is 11.4. The van der Waals surface area contributed by atoms with Gasteiger partial charge in [0.1, 0.15) is 5.82 Å². The van der Waals surface area contributed by atoms with E-state index >= 15 is 0 Å². The second kappa shape index (κ2) is 7.34. The molecule has 0 fully saturated rings. The lowest BCUT2D eigenvalue weighted by atomic mass is 10.1. The summed E-state index contributed by atoms with van der Waals surface area (Å²) in [6.07, 6.45) is 0.361. The standard InChI is InChI=1S/C13H15FN4O3/c1-20-7-6-15-12(19)16-13-18-17-11(21-13)8-9-2-4-10(14)5-3-9/h2-5H,6-8H2,1H3,(H2,15,16,18,19). The van der Waals surface area contributed by atoms with Crippen LogP contribution >= 0.6 is 0 Å². The van der Waals surface area contributed by atoms with Crippen molar-refractivity contribution in [1.29, 1.82) is 0 Å². The molecule has 8 heteroatoms. The molecule has 2 amide bonds. The quantitative estimate of drug-likeness (QED) is 0.789. The number of halogens is 1. The number of benzene rings is 1. The molecule has 7 nitrogen and oxygen atoms in total. The molecule has 0 unspecified atom stereocenters. The molecule has 2 N–H and O–H groups in total. The first-order chi connectivity index (χ1) is 10.2. The van der Waals surface area contributed by atoms with Gasteiger partial charge < -0.3 is 14.5 Å². The summed E-state index contributed by atoms with van der Waals surface area (Å²) >= 11 is 0. The van der Waals surface area contributed by atoms with Gasteiger partial charge in [0.25, 0.3) is 0 Å². The number of urea groups is 1. The lowest BCUT2D eigenvalue weighted by Gasteiger charge is -2.02. The zero-order valence-electron chi connectivity index (χ0n) is 11.4. The molecule has 0 aliphatic heterocycles. The molecule has 2 rings (SSSR count). The van der Waals surface area contributed by atoms with Crippen molar-refractivity contribution in [3.63, 3.8) is 0 Å². The summed E-state index contributed by atoms with van der Waals surface area (Å²) in [6, 6.07) is 5.52. The largest absolute Gasteiger partial charge is 0.407 e. The van der Waals surface area contributed by atoms with Gasteiger partial charge in [-0.05, 0) is 17.7 Å². The average molecular weight is 294 g/mol. The van der Waals surface area contributed by atoms with E-state index < -0.39 is 6.03 Å². The Labute approximate surface area is 120 Å². The molecular weight excluding hydrogens is 279 g/mol. The normalized spacial score (nSPS) is 10.4. The number of methoxy groups -OCH3 is 1. The minimum Gasteiger partial charge on any atom is -0.407 e. The van der Waals surface area contributed by atoms with E-state index in [4.69, 9.17) is 9.15 Å². The van der Waals surface area contributed by atoms with Crippen LogP contribution in [0, 0.1) is 5.82 Å². The first kappa shape index (κ1) is 14.9. The number of rotatable bonds is 6. The van der Waals surface area contributed by atoms with Crippen LogP contribution in [0.2, 0.25) is 0 Å². The van der Waals surface area contributed by atoms with E-state index in [1.54, 1.807) is 19.2 Å². The molecule has 0 aliphatic carbocycles. The first-order valence-corrected chi connectivity index (χ1v) is 6.28. The third kappa shape index (κ3) is 4.84. The van der Waals surface area contributed by atoms with Crippen molar-refractivity contribution >= 4 is 12.0 Å². The molecule has 1 aromatic heterocycles. The van der Waals surface area contributed by atoms with Crippen LogP contribution in [0.5, 0.6) is 0 Å². The maximum atomic E-state index is 12.8. The van der Waals surface area contributed by atoms with Gasteiger partial charge in [-0.15, -0.1) is 5.10 Å². The Kier molecular flexibility index (Phi) is 5.22. The number of carbonyl (C=O) groups excluding carboxylic acids is 1. The fourth-order valence-corrected chi connectivity index (χ4v) is 1.56. The molecule has 0 bridgehead atoms. The summed E-state index contributed by atoms with van der Waals surface area (Å²) in [7, 11) is 1.54. The van der Waals surface area contributed by atoms with Gasteiger partial charge in [-0.1, -0.05) is 17.2 Å². The summed E-state index contributed by atoms with van der Waals surface area (Å²) in [6.45, 7) is 0.784. The number of aromatic nitrogens is 2. The lowest BCUT2D eigenvalue weighted by molar-refractivity contribution is 0.198. The molecule has 2 aromatic rings. The van der Waals surface area contributed by atoms with Crippen LogP contribution in [0.3, 0.4) is 0 Å². The fourth-order valence-electron chi connectivity index (χ4n) is 1.56. The monoisotopic (exact) mass is 294 g/mol. The second-order valence-electron chi connectivity index (χ2n) is 4.18. The summed E-state index contributed by atoms with van der Waals surface area (Å²) in [5.74, 6) is 0.0214. The number of nitrogens with one attached hydrogen (secondary N) is 2. The van der Waals surface area contributed by atoms with Crippen LogP contribution in [-0.4, -0.2) is 36.5 Å². The molecule has 0 aliphatic rings. The number of nitrogens with zero attached hydrogens (tertiary/aromatic N) is 2. The number of amides is 2. The summed E-state index contributed by atoms with van der Waals surface area (Å²) < 4.78 is 22.9. The van der Waals surface area contributed by atoms with Crippen LogP contribution < -0.4 is 10.6 Å². The van der Waals surface area contributed by atoms with E-state index in [0.717, 1.165) is 5.56 Å². The summed E-state index contributed by atoms with van der Waals surface area (Å²) in [5.41, 5.74) is 0.830. The van der Waals surface area contributed by atoms with Gasteiger partial charge in [0.15, 0.2) is 0 Å². The van der Waals surface area contributed by atoms with Gasteiger partial charge in [-0.3, -0.25) is 5.32 Å². The van der Waals surface area contributed by atoms with Gasteiger partial charge in [0, 0.05) is 13.7 Å². The topological polar surface area (TPSA) is 89.3 Å². The minimum atomic E-state index is -0.455. The van der Waals surface area contributed by atoms with E-state index in [2.05, 4.69) is 20.8 Å². The highest BCUT2D eigenvalue weighted by molar-refractivity contribution is 5.86. The Morgan fingerprint density at radius 2 is 2.10 bits per heavy atom. The first-order valence-electron chi connectivity index (χ1n) is 6.28. The smallest absolute Gasteiger partial charge is 0.323 e. The van der Waals surface area contributed by atoms with Crippen molar-refractivity contribution in [2.24, 2.45) is 0 Å². The van der Waals surface area contributed by atoms with E-state index in [9.17, 15) is 9.18 Å². The van der Waals surface area contributed by atoms with Crippen molar-refractivity contribution in [2.75, 3.05) is 25.6 Å². The molecule has 1 heterocycles. The van der Waals surface area contributed by atoms with Crippen LogP contribution in [0.4, 0.5) is 15.2 Å². The van der Waals surface area contributed by atoms with E-state index in [0.29, 0.717) is 25.5 Å². The van der Waals surface area contributed by atoms with Crippen molar-refractivity contribution in [1.82, 2.24) is 15.5 Å². The summed E-state index contributed by atoms with van der Waals surface area (Å²) in [5, 5.41) is 12.5. The fraction of sp³-hybridized carbons (Fsp3) is 0.308. The summed E-state index contributed by atoms with van der Waals surface area (Å²) in [4.78, 5) is 11.4. The number of ether oxygens (including phenoxy) is 1. The molecule has 0 atom stereocenters. The number of carbonyl (C=O) groups is 1. The Morgan fingerprint density at radius 3 is 2.81 bits per heavy atom. The van der Waals surface area contributed by atoms with Crippen LogP contribution in [0.1, 0.15) is 11.5 Å². The maximum Gasteiger partial charge on any atom is 0.323 e. The number of hydrogen-bond acceptors (Lipinski definition) is 5. The second-order valence-corrected chi connectivity index (χ2v) is 4.18. The minimum absolute atomic E-state index is 0.00188. The van der Waals surface area contributed by atoms with Crippen LogP contribution in [-0.2, 0) is 11.2 Å². The molecular formula is C13H15FN4O3. The molecule has 112 valence electrons. The Balaban J connectivity index is 1.86. The van der Waals surface area contributed by atoms with Gasteiger partial charge in [-0.2, -0.15) is 0 Å². The third-order valence-electron chi connectivity index (χ3n) is 2.55. The maximum absolute atomic E-state index is 12.8. The third-order valence-corrected chi connectivity index (χ3v) is 2.55. The molecule has 21 heavy (non-hydrogen) atoms. The van der Waals surface area contributed by atoms with E-state index in [1.807, 2.05) is 0 Å². The van der Waals surface area contributed by atoms with Gasteiger partial charge >= 0.3 is 12.0 Å². The van der Waals surface area contributed by atoms with E-state index in [-0.39, 0.29) is 11.8 Å². The number of hydrogen-bond donors (Lipinski definition) is 2. The highest BCUT2D eigenvalue weighted by Gasteiger charge is 2.09. The predicted octanol–water partition coefficient (Wildman–Crippen LogP) is 1.57.